The third-order valence-electron chi connectivity index (χ3n) is 7.37. The molecule has 0 saturated heterocycles. The number of anilines is 2. The first kappa shape index (κ1) is 35.6. The van der Waals surface area contributed by atoms with Crippen molar-refractivity contribution in [3.8, 4) is 17.2 Å². The number of carbonyl (C=O) groups excluding carboxylic acids is 3. The molecule has 9 nitrogen and oxygen atoms in total. The van der Waals surface area contributed by atoms with E-state index in [1.807, 2.05) is 36.4 Å². The first-order valence-electron chi connectivity index (χ1n) is 15.4. The van der Waals surface area contributed by atoms with Crippen molar-refractivity contribution in [3.63, 3.8) is 0 Å². The van der Waals surface area contributed by atoms with Crippen LogP contribution in [0.1, 0.15) is 26.7 Å². The molecule has 5 rings (SSSR count). The zero-order valence-electron chi connectivity index (χ0n) is 27.4. The molecule has 0 aliphatic rings. The Balaban J connectivity index is 1.39. The number of rotatable bonds is 13. The minimum atomic E-state index is -0.691. The number of nitrogens with one attached hydrogen (secondary N) is 3. The fourth-order valence-electron chi connectivity index (χ4n) is 4.85. The van der Waals surface area contributed by atoms with Gasteiger partial charge in [-0.05, 0) is 65.7 Å². The van der Waals surface area contributed by atoms with Crippen molar-refractivity contribution in [2.24, 2.45) is 0 Å². The van der Waals surface area contributed by atoms with E-state index in [1.54, 1.807) is 98.1 Å². The van der Waals surface area contributed by atoms with Crippen molar-refractivity contribution >= 4 is 58.5 Å². The van der Waals surface area contributed by atoms with E-state index in [4.69, 9.17) is 25.8 Å². The van der Waals surface area contributed by atoms with E-state index in [9.17, 15) is 14.4 Å². The molecule has 0 aliphatic heterocycles. The number of ether oxygens (including phenoxy) is 3. The molecule has 0 heterocycles. The molecule has 0 fully saturated rings. The Morgan fingerprint density at radius 1 is 0.720 bits per heavy atom. The van der Waals surface area contributed by atoms with Crippen LogP contribution in [0.2, 0.25) is 5.02 Å². The Hall–Kier alpha value is -5.71. The van der Waals surface area contributed by atoms with Crippen LogP contribution in [-0.2, 0) is 9.59 Å². The van der Waals surface area contributed by atoms with Gasteiger partial charge in [0, 0.05) is 22.2 Å². The molecule has 5 aromatic carbocycles. The predicted molar refractivity (Wildman–Crippen MR) is 198 cm³/mol. The number of thioether (sulfide) groups is 1. The molecule has 11 heteroatoms. The van der Waals surface area contributed by atoms with Crippen LogP contribution >= 0.6 is 23.4 Å². The topological polar surface area (TPSA) is 115 Å². The van der Waals surface area contributed by atoms with Gasteiger partial charge in [-0.15, -0.1) is 11.8 Å². The normalized spacial score (nSPS) is 11.6. The van der Waals surface area contributed by atoms with Gasteiger partial charge in [-0.3, -0.25) is 14.4 Å². The summed E-state index contributed by atoms with van der Waals surface area (Å²) in [6.45, 7) is 0. The van der Waals surface area contributed by atoms with Crippen LogP contribution in [0, 0.1) is 0 Å². The lowest BCUT2D eigenvalue weighted by atomic mass is 10.1. The predicted octanol–water partition coefficient (Wildman–Crippen LogP) is 8.25. The van der Waals surface area contributed by atoms with Gasteiger partial charge in [0.1, 0.15) is 28.2 Å². The minimum Gasteiger partial charge on any atom is -0.497 e. The maximum absolute atomic E-state index is 13.8. The molecule has 0 spiro atoms. The second kappa shape index (κ2) is 17.1. The molecule has 0 radical (unpaired) electrons. The average molecular weight is 708 g/mol. The number of methoxy groups -OCH3 is 3. The van der Waals surface area contributed by atoms with Crippen LogP contribution in [0.25, 0.3) is 6.08 Å². The van der Waals surface area contributed by atoms with E-state index in [-0.39, 0.29) is 11.6 Å². The SMILES string of the molecule is COc1ccc(/C=C(/NC(=O)c2ccccc2)C(=O)Nc2cccc(SC(C(=O)Nc3cc(Cl)c(OC)cc3OC)c3ccccc3)c2)cc1. The zero-order chi connectivity index (χ0) is 35.5. The monoisotopic (exact) mass is 707 g/mol. The molecule has 0 aliphatic carbocycles. The van der Waals surface area contributed by atoms with Crippen LogP contribution in [-0.4, -0.2) is 39.1 Å². The van der Waals surface area contributed by atoms with E-state index in [1.165, 1.54) is 26.0 Å². The summed E-state index contributed by atoms with van der Waals surface area (Å²) in [5.41, 5.74) is 2.73. The number of carbonyl (C=O) groups is 3. The van der Waals surface area contributed by atoms with Gasteiger partial charge in [0.15, 0.2) is 0 Å². The lowest BCUT2D eigenvalue weighted by molar-refractivity contribution is -0.116. The summed E-state index contributed by atoms with van der Waals surface area (Å²) in [5, 5.41) is 8.21. The van der Waals surface area contributed by atoms with Gasteiger partial charge in [0.2, 0.25) is 5.91 Å². The van der Waals surface area contributed by atoms with Crippen molar-refractivity contribution in [2.75, 3.05) is 32.0 Å². The van der Waals surface area contributed by atoms with Crippen LogP contribution in [0.15, 0.2) is 132 Å². The molecule has 0 saturated carbocycles. The van der Waals surface area contributed by atoms with Gasteiger partial charge < -0.3 is 30.2 Å². The zero-order valence-corrected chi connectivity index (χ0v) is 29.0. The first-order chi connectivity index (χ1) is 24.3. The Morgan fingerprint density at radius 2 is 1.40 bits per heavy atom. The maximum atomic E-state index is 13.8. The molecule has 1 atom stereocenters. The van der Waals surface area contributed by atoms with Crippen molar-refractivity contribution in [1.29, 1.82) is 0 Å². The molecule has 254 valence electrons. The summed E-state index contributed by atoms with van der Waals surface area (Å²) in [5.74, 6) is 0.174. The van der Waals surface area contributed by atoms with Gasteiger partial charge in [-0.25, -0.2) is 0 Å². The highest BCUT2D eigenvalue weighted by Gasteiger charge is 2.24. The Kier molecular flexibility index (Phi) is 12.2. The first-order valence-corrected chi connectivity index (χ1v) is 16.6. The highest BCUT2D eigenvalue weighted by Crippen LogP contribution is 2.40. The van der Waals surface area contributed by atoms with Gasteiger partial charge in [0.05, 0.1) is 32.0 Å². The molecular weight excluding hydrogens is 674 g/mol. The van der Waals surface area contributed by atoms with Gasteiger partial charge in [-0.2, -0.15) is 0 Å². The van der Waals surface area contributed by atoms with E-state index >= 15 is 0 Å². The van der Waals surface area contributed by atoms with Crippen molar-refractivity contribution in [2.45, 2.75) is 10.1 Å². The van der Waals surface area contributed by atoms with Crippen LogP contribution in [0.5, 0.6) is 17.2 Å². The molecule has 0 aromatic heterocycles. The van der Waals surface area contributed by atoms with Crippen molar-refractivity contribution < 1.29 is 28.6 Å². The van der Waals surface area contributed by atoms with Gasteiger partial charge in [-0.1, -0.05) is 78.3 Å². The van der Waals surface area contributed by atoms with E-state index in [0.717, 1.165) is 5.56 Å². The third-order valence-corrected chi connectivity index (χ3v) is 8.92. The van der Waals surface area contributed by atoms with Crippen molar-refractivity contribution in [3.05, 3.63) is 149 Å². The summed E-state index contributed by atoms with van der Waals surface area (Å²) in [7, 11) is 4.56. The Labute approximate surface area is 299 Å². The second-order valence-electron chi connectivity index (χ2n) is 10.7. The fourth-order valence-corrected chi connectivity index (χ4v) is 6.17. The molecule has 50 heavy (non-hydrogen) atoms. The summed E-state index contributed by atoms with van der Waals surface area (Å²) >= 11 is 7.66. The Bertz CT molecular complexity index is 1990. The number of amides is 3. The van der Waals surface area contributed by atoms with E-state index < -0.39 is 17.1 Å². The minimum absolute atomic E-state index is 0.0377. The molecule has 0 bridgehead atoms. The second-order valence-corrected chi connectivity index (χ2v) is 12.3. The largest absolute Gasteiger partial charge is 0.497 e. The van der Waals surface area contributed by atoms with Gasteiger partial charge >= 0.3 is 0 Å². The summed E-state index contributed by atoms with van der Waals surface area (Å²) in [4.78, 5) is 41.3. The average Bonchev–Trinajstić information content (AvgIpc) is 3.14. The third kappa shape index (κ3) is 9.25. The fraction of sp³-hybridized carbons (Fsp3) is 0.103. The molecule has 3 amide bonds. The van der Waals surface area contributed by atoms with E-state index in [2.05, 4.69) is 16.0 Å². The number of hydrogen-bond acceptors (Lipinski definition) is 7. The highest BCUT2D eigenvalue weighted by atomic mass is 35.5. The van der Waals surface area contributed by atoms with Crippen molar-refractivity contribution in [1.82, 2.24) is 5.32 Å². The van der Waals surface area contributed by atoms with E-state index in [0.29, 0.717) is 49.7 Å². The molecular formula is C39H34ClN3O6S. The maximum Gasteiger partial charge on any atom is 0.272 e. The van der Waals surface area contributed by atoms with Crippen LogP contribution in [0.4, 0.5) is 11.4 Å². The Morgan fingerprint density at radius 3 is 2.06 bits per heavy atom. The van der Waals surface area contributed by atoms with Gasteiger partial charge in [0.25, 0.3) is 11.8 Å². The number of halogens is 1. The van der Waals surface area contributed by atoms with Crippen LogP contribution < -0.4 is 30.2 Å². The lowest BCUT2D eigenvalue weighted by Crippen LogP contribution is -2.30. The highest BCUT2D eigenvalue weighted by molar-refractivity contribution is 8.00. The summed E-state index contributed by atoms with van der Waals surface area (Å²) in [6.07, 6.45) is 1.59. The molecule has 3 N–H and O–H groups in total. The lowest BCUT2D eigenvalue weighted by Gasteiger charge is -2.19. The quantitative estimate of drug-likeness (QED) is 0.0834. The smallest absolute Gasteiger partial charge is 0.272 e. The number of benzene rings is 5. The summed E-state index contributed by atoms with van der Waals surface area (Å²) in [6, 6.07) is 35.3. The van der Waals surface area contributed by atoms with Crippen LogP contribution in [0.3, 0.4) is 0 Å². The summed E-state index contributed by atoms with van der Waals surface area (Å²) < 4.78 is 16.0. The molecule has 1 unspecified atom stereocenters. The standard InChI is InChI=1S/C39H34ClN3O6S/c1-47-29-19-17-25(18-20-29)21-33(43-37(44)27-13-8-5-9-14-27)38(45)41-28-15-10-16-30(22-28)50-36(26-11-6-4-7-12-26)39(46)42-32-23-31(40)34(48-2)24-35(32)49-3/h4-24,36H,1-3H3,(H,41,45)(H,42,46)(H,43,44)/b33-21+. The molecule has 5 aromatic rings. The number of hydrogen-bond donors (Lipinski definition) is 3.